The number of nitrogens with zero attached hydrogens (tertiary/aromatic N) is 1. The van der Waals surface area contributed by atoms with Gasteiger partial charge < -0.3 is 5.32 Å². The molecule has 0 saturated carbocycles. The number of hydrogen-bond acceptors (Lipinski definition) is 4. The lowest BCUT2D eigenvalue weighted by Crippen LogP contribution is -2.24. The van der Waals surface area contributed by atoms with Gasteiger partial charge in [-0.05, 0) is 38.0 Å². The second-order valence-corrected chi connectivity index (χ2v) is 5.75. The molecule has 1 aliphatic heterocycles. The predicted octanol–water partition coefficient (Wildman–Crippen LogP) is 2.89. The third-order valence-electron chi connectivity index (χ3n) is 3.29. The summed E-state index contributed by atoms with van der Waals surface area (Å²) in [6.45, 7) is 3.73. The van der Waals surface area contributed by atoms with Crippen LogP contribution in [-0.4, -0.2) is 23.2 Å². The number of ketones is 1. The largest absolute Gasteiger partial charge is 0.311 e. The van der Waals surface area contributed by atoms with E-state index in [-0.39, 0.29) is 17.6 Å². The number of carbonyl (C=O) groups excluding carboxylic acids is 2. The topological polar surface area (TPSA) is 58.5 Å². The molecule has 0 fully saturated rings. The van der Waals surface area contributed by atoms with Crippen molar-refractivity contribution in [2.75, 3.05) is 5.75 Å². The van der Waals surface area contributed by atoms with Gasteiger partial charge in [0.2, 0.25) is 5.91 Å². The van der Waals surface area contributed by atoms with Crippen LogP contribution < -0.4 is 5.32 Å². The van der Waals surface area contributed by atoms with E-state index < -0.39 is 0 Å². The Bertz CT molecular complexity index is 416. The van der Waals surface area contributed by atoms with Crippen molar-refractivity contribution in [2.45, 2.75) is 52.4 Å². The fraction of sp³-hybridized carbons (Fsp3) is 0.667. The molecule has 1 atom stereocenters. The highest BCUT2D eigenvalue weighted by Crippen LogP contribution is 2.14. The van der Waals surface area contributed by atoms with Gasteiger partial charge in [0, 0.05) is 24.5 Å². The number of amides is 1. The van der Waals surface area contributed by atoms with Crippen LogP contribution in [0.4, 0.5) is 0 Å². The van der Waals surface area contributed by atoms with Gasteiger partial charge in [0.1, 0.15) is 11.6 Å². The molecule has 1 rings (SSSR count). The maximum Gasteiger partial charge on any atom is 0.225 e. The molecule has 0 radical (unpaired) electrons. The highest BCUT2D eigenvalue weighted by Gasteiger charge is 2.16. The first kappa shape index (κ1) is 17.0. The second kappa shape index (κ2) is 8.95. The number of rotatable bonds is 6. The molecular weight excluding hydrogens is 272 g/mol. The zero-order chi connectivity index (χ0) is 15.0. The molecule has 0 bridgehead atoms. The zero-order valence-corrected chi connectivity index (χ0v) is 13.2. The van der Waals surface area contributed by atoms with Crippen molar-refractivity contribution in [3.05, 3.63) is 11.9 Å². The van der Waals surface area contributed by atoms with Crippen LogP contribution in [0.1, 0.15) is 52.4 Å². The van der Waals surface area contributed by atoms with Crippen LogP contribution in [0.2, 0.25) is 0 Å². The molecule has 0 aromatic carbocycles. The molecule has 0 aliphatic carbocycles. The maximum atomic E-state index is 11.8. The first-order valence-corrected chi connectivity index (χ1v) is 7.84. The Hall–Kier alpha value is -1.10. The summed E-state index contributed by atoms with van der Waals surface area (Å²) < 4.78 is 0. The predicted molar refractivity (Wildman–Crippen MR) is 85.1 cm³/mol. The summed E-state index contributed by atoms with van der Waals surface area (Å²) in [5.74, 6) is 1.64. The van der Waals surface area contributed by atoms with Crippen molar-refractivity contribution < 1.29 is 9.59 Å². The van der Waals surface area contributed by atoms with Gasteiger partial charge in [-0.3, -0.25) is 9.59 Å². The van der Waals surface area contributed by atoms with Crippen LogP contribution in [0, 0.1) is 5.92 Å². The van der Waals surface area contributed by atoms with Crippen LogP contribution >= 0.6 is 12.6 Å². The van der Waals surface area contributed by atoms with E-state index in [1.54, 1.807) is 0 Å². The lowest BCUT2D eigenvalue weighted by Gasteiger charge is -2.14. The molecule has 1 heterocycles. The highest BCUT2D eigenvalue weighted by atomic mass is 32.1. The lowest BCUT2D eigenvalue weighted by molar-refractivity contribution is -0.121. The monoisotopic (exact) mass is 296 g/mol. The van der Waals surface area contributed by atoms with Crippen molar-refractivity contribution in [3.8, 4) is 0 Å². The summed E-state index contributed by atoms with van der Waals surface area (Å²) in [6, 6.07) is 0. The SMILES string of the molecule is CC1=NC(NC(=O)CCCCCS)=CCC(C)C(=O)C1. The molecule has 1 unspecified atom stereocenters. The smallest absolute Gasteiger partial charge is 0.225 e. The van der Waals surface area contributed by atoms with Crippen LogP contribution in [0.25, 0.3) is 0 Å². The number of thiol groups is 1. The molecule has 0 aromatic heterocycles. The van der Waals surface area contributed by atoms with Crippen LogP contribution in [-0.2, 0) is 9.59 Å². The normalized spacial score (nSPS) is 19.8. The van der Waals surface area contributed by atoms with Gasteiger partial charge in [0.25, 0.3) is 0 Å². The first-order valence-electron chi connectivity index (χ1n) is 7.20. The van der Waals surface area contributed by atoms with Crippen LogP contribution in [0.15, 0.2) is 16.9 Å². The number of aliphatic imine (C=N–C) groups is 1. The molecule has 0 saturated heterocycles. The standard InChI is InChI=1S/C15H24N2O2S/c1-11-7-8-14(16-12(2)10-13(11)18)17-15(19)6-4-3-5-9-20/h8,11,20H,3-7,9-10H2,1-2H3,(H,17,19). The summed E-state index contributed by atoms with van der Waals surface area (Å²) >= 11 is 4.14. The molecule has 20 heavy (non-hydrogen) atoms. The van der Waals surface area contributed by atoms with Gasteiger partial charge in [0.15, 0.2) is 0 Å². The molecule has 4 nitrogen and oxygen atoms in total. The van der Waals surface area contributed by atoms with Gasteiger partial charge in [0.05, 0.1) is 0 Å². The van der Waals surface area contributed by atoms with Crippen molar-refractivity contribution >= 4 is 30.0 Å². The second-order valence-electron chi connectivity index (χ2n) is 5.30. The van der Waals surface area contributed by atoms with Crippen molar-refractivity contribution in [1.82, 2.24) is 5.32 Å². The highest BCUT2D eigenvalue weighted by molar-refractivity contribution is 7.80. The Morgan fingerprint density at radius 2 is 2.20 bits per heavy atom. The van der Waals surface area contributed by atoms with Crippen LogP contribution in [0.5, 0.6) is 0 Å². The van der Waals surface area contributed by atoms with E-state index in [1.807, 2.05) is 19.9 Å². The minimum Gasteiger partial charge on any atom is -0.311 e. The molecule has 1 N–H and O–H groups in total. The molecule has 0 aromatic rings. The molecule has 5 heteroatoms. The number of allylic oxidation sites excluding steroid dienone is 1. The first-order chi connectivity index (χ1) is 9.52. The lowest BCUT2D eigenvalue weighted by atomic mass is 9.97. The van der Waals surface area contributed by atoms with Crippen molar-refractivity contribution in [3.63, 3.8) is 0 Å². The van der Waals surface area contributed by atoms with E-state index in [1.165, 1.54) is 0 Å². The van der Waals surface area contributed by atoms with Gasteiger partial charge in [-0.25, -0.2) is 4.99 Å². The Kier molecular flexibility index (Phi) is 7.59. The van der Waals surface area contributed by atoms with Crippen molar-refractivity contribution in [2.24, 2.45) is 10.9 Å². The Labute approximate surface area is 126 Å². The molecule has 1 aliphatic rings. The Balaban J connectivity index is 2.50. The number of hydrogen-bond donors (Lipinski definition) is 2. The molecule has 0 spiro atoms. The Morgan fingerprint density at radius 3 is 2.90 bits per heavy atom. The summed E-state index contributed by atoms with van der Waals surface area (Å²) in [6.07, 6.45) is 6.28. The zero-order valence-electron chi connectivity index (χ0n) is 12.3. The third-order valence-corrected chi connectivity index (χ3v) is 3.60. The van der Waals surface area contributed by atoms with E-state index in [9.17, 15) is 9.59 Å². The average Bonchev–Trinajstić information content (AvgIpc) is 2.39. The summed E-state index contributed by atoms with van der Waals surface area (Å²) in [5, 5.41) is 2.83. The maximum absolute atomic E-state index is 11.8. The van der Waals surface area contributed by atoms with E-state index in [2.05, 4.69) is 22.9 Å². The number of Topliss-reactive ketones (excluding diaryl/α,β-unsaturated/α-hetero) is 1. The molecular formula is C15H24N2O2S. The van der Waals surface area contributed by atoms with E-state index >= 15 is 0 Å². The number of nitrogens with one attached hydrogen (secondary N) is 1. The minimum absolute atomic E-state index is 0.00785. The quantitative estimate of drug-likeness (QED) is 0.585. The number of carbonyl (C=O) groups is 2. The Morgan fingerprint density at radius 1 is 1.45 bits per heavy atom. The fourth-order valence-corrected chi connectivity index (χ4v) is 2.22. The van der Waals surface area contributed by atoms with E-state index in [4.69, 9.17) is 0 Å². The van der Waals surface area contributed by atoms with E-state index in [0.717, 1.165) is 30.7 Å². The summed E-state index contributed by atoms with van der Waals surface area (Å²) in [4.78, 5) is 27.8. The minimum atomic E-state index is -0.0114. The third kappa shape index (κ3) is 6.37. The van der Waals surface area contributed by atoms with Gasteiger partial charge in [-0.1, -0.05) is 13.3 Å². The van der Waals surface area contributed by atoms with Gasteiger partial charge in [-0.2, -0.15) is 12.6 Å². The summed E-state index contributed by atoms with van der Waals surface area (Å²) in [5.41, 5.74) is 0.753. The fourth-order valence-electron chi connectivity index (χ4n) is 2.00. The van der Waals surface area contributed by atoms with Crippen LogP contribution in [0.3, 0.4) is 0 Å². The van der Waals surface area contributed by atoms with Crippen molar-refractivity contribution in [1.29, 1.82) is 0 Å². The summed E-state index contributed by atoms with van der Waals surface area (Å²) in [7, 11) is 0. The van der Waals surface area contributed by atoms with Gasteiger partial charge >= 0.3 is 0 Å². The molecule has 112 valence electrons. The average molecular weight is 296 g/mol. The molecule has 1 amide bonds. The van der Waals surface area contributed by atoms with E-state index in [0.29, 0.717) is 25.1 Å². The number of unbranched alkanes of at least 4 members (excludes halogenated alkanes) is 2. The van der Waals surface area contributed by atoms with Gasteiger partial charge in [-0.15, -0.1) is 0 Å².